The lowest BCUT2D eigenvalue weighted by atomic mass is 10.3. The Balaban J connectivity index is 2.25. The molecule has 0 saturated carbocycles. The van der Waals surface area contributed by atoms with Crippen molar-refractivity contribution in [3.63, 3.8) is 0 Å². The Morgan fingerprint density at radius 3 is 2.38 bits per heavy atom. The van der Waals surface area contributed by atoms with Crippen molar-refractivity contribution in [1.29, 1.82) is 0 Å². The molecule has 0 fully saturated rings. The van der Waals surface area contributed by atoms with Crippen molar-refractivity contribution in [2.24, 2.45) is 0 Å². The van der Waals surface area contributed by atoms with Gasteiger partial charge in [0, 0.05) is 38.2 Å². The van der Waals surface area contributed by atoms with E-state index in [0.717, 1.165) is 4.90 Å². The smallest absolute Gasteiger partial charge is 0.269 e. The third kappa shape index (κ3) is 3.78. The quantitative estimate of drug-likeness (QED) is 0.662. The van der Waals surface area contributed by atoms with E-state index in [9.17, 15) is 10.1 Å². The zero-order chi connectivity index (χ0) is 15.4. The molecule has 2 rings (SSSR count). The summed E-state index contributed by atoms with van der Waals surface area (Å²) >= 11 is 1.32. The summed E-state index contributed by atoms with van der Waals surface area (Å²) in [5, 5.41) is 14.0. The predicted octanol–water partition coefficient (Wildman–Crippen LogP) is 2.04. The number of aromatic nitrogens is 3. The molecule has 0 bridgehead atoms. The highest BCUT2D eigenvalue weighted by molar-refractivity contribution is 7.99. The fourth-order valence-electron chi connectivity index (χ4n) is 1.44. The summed E-state index contributed by atoms with van der Waals surface area (Å²) in [6.45, 7) is 0. The number of rotatable bonds is 5. The van der Waals surface area contributed by atoms with Crippen molar-refractivity contribution in [2.45, 2.75) is 10.1 Å². The molecule has 0 unspecified atom stereocenters. The minimum absolute atomic E-state index is 0.0555. The maximum absolute atomic E-state index is 10.6. The van der Waals surface area contributed by atoms with Crippen LogP contribution in [-0.4, -0.2) is 41.0 Å². The zero-order valence-electron chi connectivity index (χ0n) is 11.8. The standard InChI is InChI=1S/C12H14N6O2S/c1-13-10-14-11(17(2)3)16-12(15-10)21-9-6-4-8(5-7-9)18(19)20/h4-7H,1-3H3,(H,13,14,15,16). The van der Waals surface area contributed by atoms with E-state index in [2.05, 4.69) is 20.3 Å². The molecule has 0 atom stereocenters. The number of hydrogen-bond acceptors (Lipinski definition) is 8. The van der Waals surface area contributed by atoms with Crippen LogP contribution in [0.4, 0.5) is 17.6 Å². The Bertz CT molecular complexity index is 647. The number of nitrogens with one attached hydrogen (secondary N) is 1. The second-order valence-electron chi connectivity index (χ2n) is 4.24. The van der Waals surface area contributed by atoms with E-state index in [4.69, 9.17) is 0 Å². The SMILES string of the molecule is CNc1nc(Sc2ccc([N+](=O)[O-])cc2)nc(N(C)C)n1. The average molecular weight is 306 g/mol. The predicted molar refractivity (Wildman–Crippen MR) is 80.9 cm³/mol. The first-order valence-corrected chi connectivity index (χ1v) is 6.84. The highest BCUT2D eigenvalue weighted by Crippen LogP contribution is 2.27. The molecule has 1 N–H and O–H groups in total. The van der Waals surface area contributed by atoms with Gasteiger partial charge in [0.2, 0.25) is 11.9 Å². The van der Waals surface area contributed by atoms with Crippen LogP contribution in [0.2, 0.25) is 0 Å². The maximum atomic E-state index is 10.6. The van der Waals surface area contributed by atoms with Gasteiger partial charge in [0.1, 0.15) is 0 Å². The Kier molecular flexibility index (Phi) is 4.53. The van der Waals surface area contributed by atoms with Crippen molar-refractivity contribution >= 4 is 29.3 Å². The molecule has 0 radical (unpaired) electrons. The normalized spacial score (nSPS) is 10.2. The molecule has 0 spiro atoms. The minimum atomic E-state index is -0.430. The maximum Gasteiger partial charge on any atom is 0.269 e. The van der Waals surface area contributed by atoms with Crippen LogP contribution in [0.25, 0.3) is 0 Å². The van der Waals surface area contributed by atoms with Gasteiger partial charge in [0.15, 0.2) is 5.16 Å². The topological polar surface area (TPSA) is 97.1 Å². The second kappa shape index (κ2) is 6.35. The Morgan fingerprint density at radius 2 is 1.86 bits per heavy atom. The lowest BCUT2D eigenvalue weighted by molar-refractivity contribution is -0.384. The van der Waals surface area contributed by atoms with Crippen molar-refractivity contribution < 1.29 is 4.92 Å². The van der Waals surface area contributed by atoms with Gasteiger partial charge in [-0.1, -0.05) is 0 Å². The number of nitro benzene ring substituents is 1. The molecule has 0 aliphatic heterocycles. The van der Waals surface area contributed by atoms with Gasteiger partial charge >= 0.3 is 0 Å². The lowest BCUT2D eigenvalue weighted by Gasteiger charge is -2.12. The molecular formula is C12H14N6O2S. The molecule has 110 valence electrons. The summed E-state index contributed by atoms with van der Waals surface area (Å²) in [7, 11) is 5.42. The molecule has 0 saturated heterocycles. The van der Waals surface area contributed by atoms with Gasteiger partial charge in [0.05, 0.1) is 4.92 Å². The monoisotopic (exact) mass is 306 g/mol. The highest BCUT2D eigenvalue weighted by atomic mass is 32.2. The van der Waals surface area contributed by atoms with E-state index >= 15 is 0 Å². The van der Waals surface area contributed by atoms with E-state index < -0.39 is 4.92 Å². The Hall–Kier alpha value is -2.42. The van der Waals surface area contributed by atoms with E-state index in [1.807, 2.05) is 14.1 Å². The van der Waals surface area contributed by atoms with Crippen LogP contribution in [0.3, 0.4) is 0 Å². The van der Waals surface area contributed by atoms with Gasteiger partial charge in [-0.15, -0.1) is 0 Å². The largest absolute Gasteiger partial charge is 0.357 e. The summed E-state index contributed by atoms with van der Waals surface area (Å²) in [5.41, 5.74) is 0.0555. The van der Waals surface area contributed by atoms with Gasteiger partial charge in [-0.05, 0) is 23.9 Å². The summed E-state index contributed by atoms with van der Waals surface area (Å²) in [5.74, 6) is 1.01. The van der Waals surface area contributed by atoms with Crippen LogP contribution >= 0.6 is 11.8 Å². The van der Waals surface area contributed by atoms with E-state index in [0.29, 0.717) is 17.1 Å². The molecule has 0 aliphatic carbocycles. The van der Waals surface area contributed by atoms with Crippen LogP contribution in [0.1, 0.15) is 0 Å². The average Bonchev–Trinajstić information content (AvgIpc) is 2.47. The van der Waals surface area contributed by atoms with Crippen LogP contribution < -0.4 is 10.2 Å². The van der Waals surface area contributed by atoms with E-state index in [1.54, 1.807) is 24.1 Å². The number of nitrogens with zero attached hydrogens (tertiary/aromatic N) is 5. The molecular weight excluding hydrogens is 292 g/mol. The summed E-state index contributed by atoms with van der Waals surface area (Å²) in [6, 6.07) is 6.24. The molecule has 0 amide bonds. The first-order chi connectivity index (χ1) is 9.99. The third-order valence-corrected chi connectivity index (χ3v) is 3.36. The van der Waals surface area contributed by atoms with Crippen molar-refractivity contribution in [2.75, 3.05) is 31.4 Å². The van der Waals surface area contributed by atoms with E-state index in [1.165, 1.54) is 23.9 Å². The van der Waals surface area contributed by atoms with Gasteiger partial charge < -0.3 is 10.2 Å². The molecule has 9 heteroatoms. The van der Waals surface area contributed by atoms with Gasteiger partial charge in [-0.3, -0.25) is 10.1 Å². The summed E-state index contributed by atoms with van der Waals surface area (Å²) < 4.78 is 0. The number of benzene rings is 1. The van der Waals surface area contributed by atoms with Crippen molar-refractivity contribution in [3.8, 4) is 0 Å². The second-order valence-corrected chi connectivity index (χ2v) is 5.28. The summed E-state index contributed by atoms with van der Waals surface area (Å²) in [4.78, 5) is 25.6. The fraction of sp³-hybridized carbons (Fsp3) is 0.250. The number of non-ortho nitro benzene ring substituents is 1. The Morgan fingerprint density at radius 1 is 1.19 bits per heavy atom. The third-order valence-electron chi connectivity index (χ3n) is 2.48. The van der Waals surface area contributed by atoms with Crippen molar-refractivity contribution in [1.82, 2.24) is 15.0 Å². The van der Waals surface area contributed by atoms with Crippen LogP contribution in [0, 0.1) is 10.1 Å². The summed E-state index contributed by atoms with van der Waals surface area (Å²) in [6.07, 6.45) is 0. The molecule has 1 heterocycles. The van der Waals surface area contributed by atoms with Crippen LogP contribution in [0.5, 0.6) is 0 Å². The highest BCUT2D eigenvalue weighted by Gasteiger charge is 2.10. The first kappa shape index (κ1) is 15.0. The van der Waals surface area contributed by atoms with Crippen LogP contribution in [0.15, 0.2) is 34.3 Å². The molecule has 0 aliphatic rings. The van der Waals surface area contributed by atoms with Gasteiger partial charge in [0.25, 0.3) is 5.69 Å². The van der Waals surface area contributed by atoms with Gasteiger partial charge in [-0.2, -0.15) is 15.0 Å². The first-order valence-electron chi connectivity index (χ1n) is 6.03. The molecule has 2 aromatic rings. The van der Waals surface area contributed by atoms with Crippen molar-refractivity contribution in [3.05, 3.63) is 34.4 Å². The lowest BCUT2D eigenvalue weighted by Crippen LogP contribution is -2.15. The van der Waals surface area contributed by atoms with Crippen LogP contribution in [-0.2, 0) is 0 Å². The fourth-order valence-corrected chi connectivity index (χ4v) is 2.19. The van der Waals surface area contributed by atoms with E-state index in [-0.39, 0.29) is 5.69 Å². The Labute approximate surface area is 125 Å². The van der Waals surface area contributed by atoms with Gasteiger partial charge in [-0.25, -0.2) is 0 Å². The molecule has 1 aromatic carbocycles. The molecule has 1 aromatic heterocycles. The molecule has 8 nitrogen and oxygen atoms in total. The minimum Gasteiger partial charge on any atom is -0.357 e. The number of nitro groups is 1. The number of anilines is 2. The zero-order valence-corrected chi connectivity index (χ0v) is 12.6. The molecule has 21 heavy (non-hydrogen) atoms. The number of hydrogen-bond donors (Lipinski definition) is 1.